The van der Waals surface area contributed by atoms with Gasteiger partial charge in [-0.25, -0.2) is 4.57 Å². The molecule has 2 fully saturated rings. The zero-order valence-electron chi connectivity index (χ0n) is 14.1. The second kappa shape index (κ2) is 7.75. The third-order valence-electron chi connectivity index (χ3n) is 4.25. The van der Waals surface area contributed by atoms with E-state index in [9.17, 15) is 4.57 Å². The van der Waals surface area contributed by atoms with Crippen LogP contribution < -0.4 is 0 Å². The molecule has 2 heterocycles. The van der Waals surface area contributed by atoms with Crippen molar-refractivity contribution in [3.63, 3.8) is 0 Å². The average molecular weight is 333 g/mol. The van der Waals surface area contributed by atoms with Gasteiger partial charge in [0.1, 0.15) is 0 Å². The Hall–Kier alpha value is -0.660. The van der Waals surface area contributed by atoms with Crippen LogP contribution in [0.15, 0.2) is 4.76 Å². The van der Waals surface area contributed by atoms with E-state index in [1.807, 2.05) is 0 Å². The van der Waals surface area contributed by atoms with Crippen molar-refractivity contribution in [3.8, 4) is 0 Å². The van der Waals surface area contributed by atoms with Gasteiger partial charge in [-0.2, -0.15) is 0 Å². The second-order valence-corrected chi connectivity index (χ2v) is 7.68. The molecule has 0 unspecified atom stereocenters. The molecule has 0 N–H and O–H groups in total. The van der Waals surface area contributed by atoms with E-state index in [1.54, 1.807) is 0 Å². The van der Waals surface area contributed by atoms with E-state index in [-0.39, 0.29) is 0 Å². The Labute approximate surface area is 133 Å². The normalized spacial score (nSPS) is 22.0. The van der Waals surface area contributed by atoms with Crippen LogP contribution in [0.25, 0.3) is 0 Å². The van der Waals surface area contributed by atoms with Gasteiger partial charge in [0.15, 0.2) is 0 Å². The summed E-state index contributed by atoms with van der Waals surface area (Å²) in [5.41, 5.74) is 0. The van der Waals surface area contributed by atoms with E-state index < -0.39 is 7.75 Å². The van der Waals surface area contributed by atoms with Crippen molar-refractivity contribution in [1.29, 1.82) is 0 Å². The minimum atomic E-state index is -3.42. The third-order valence-corrected chi connectivity index (χ3v) is 5.59. The van der Waals surface area contributed by atoms with Gasteiger partial charge < -0.3 is 19.6 Å². The van der Waals surface area contributed by atoms with E-state index in [1.165, 1.54) is 14.2 Å². The smallest absolute Gasteiger partial charge is 0.340 e. The number of piperazine rings is 2. The monoisotopic (exact) mass is 333 g/mol. The summed E-state index contributed by atoms with van der Waals surface area (Å²) in [5, 5.41) is 0. The van der Waals surface area contributed by atoms with Gasteiger partial charge in [-0.1, -0.05) is 0 Å². The molecule has 0 radical (unpaired) electrons. The molecule has 2 rings (SSSR count). The molecule has 0 amide bonds. The van der Waals surface area contributed by atoms with Gasteiger partial charge >= 0.3 is 7.75 Å². The molecule has 0 spiro atoms. The van der Waals surface area contributed by atoms with E-state index in [2.05, 4.69) is 38.5 Å². The van der Waals surface area contributed by atoms with Crippen LogP contribution in [0.3, 0.4) is 0 Å². The predicted octanol–water partition coefficient (Wildman–Crippen LogP) is 0.238. The van der Waals surface area contributed by atoms with Crippen molar-refractivity contribution in [2.75, 3.05) is 80.7 Å². The molecule has 22 heavy (non-hydrogen) atoms. The van der Waals surface area contributed by atoms with Crippen LogP contribution >= 0.6 is 7.75 Å². The first-order valence-corrected chi connectivity index (χ1v) is 9.15. The Morgan fingerprint density at radius 1 is 0.818 bits per heavy atom. The quantitative estimate of drug-likeness (QED) is 0.416. The molecule has 2 aliphatic heterocycles. The van der Waals surface area contributed by atoms with Gasteiger partial charge in [-0.15, -0.1) is 4.76 Å². The first-order chi connectivity index (χ1) is 10.5. The summed E-state index contributed by atoms with van der Waals surface area (Å²) in [7, 11) is 3.55. The van der Waals surface area contributed by atoms with Gasteiger partial charge in [0.25, 0.3) is 0 Å². The van der Waals surface area contributed by atoms with Crippen LogP contribution in [0.4, 0.5) is 0 Å². The van der Waals surface area contributed by atoms with Crippen molar-refractivity contribution < 1.29 is 13.6 Å². The van der Waals surface area contributed by atoms with Crippen molar-refractivity contribution in [2.24, 2.45) is 4.76 Å². The number of rotatable bonds is 3. The zero-order valence-corrected chi connectivity index (χ0v) is 15.0. The number of guanidine groups is 1. The van der Waals surface area contributed by atoms with Crippen LogP contribution in [-0.2, 0) is 13.6 Å². The summed E-state index contributed by atoms with van der Waals surface area (Å²) < 4.78 is 26.9. The van der Waals surface area contributed by atoms with Crippen LogP contribution in [0.2, 0.25) is 0 Å². The zero-order chi connectivity index (χ0) is 16.2. The maximum atomic E-state index is 12.5. The summed E-state index contributed by atoms with van der Waals surface area (Å²) in [6.45, 7) is 7.36. The van der Waals surface area contributed by atoms with Gasteiger partial charge in [0.2, 0.25) is 5.96 Å². The molecule has 0 bridgehead atoms. The van der Waals surface area contributed by atoms with Crippen molar-refractivity contribution in [1.82, 2.24) is 19.6 Å². The molecule has 8 nitrogen and oxygen atoms in total. The topological polar surface area (TPSA) is 60.9 Å². The molecule has 0 aromatic carbocycles. The Bertz CT molecular complexity index is 399. The van der Waals surface area contributed by atoms with Gasteiger partial charge in [0, 0.05) is 66.6 Å². The maximum absolute atomic E-state index is 12.5. The molecule has 128 valence electrons. The van der Waals surface area contributed by atoms with E-state index in [0.29, 0.717) is 0 Å². The Morgan fingerprint density at radius 3 is 1.50 bits per heavy atom. The lowest BCUT2D eigenvalue weighted by molar-refractivity contribution is 0.167. The Balaban J connectivity index is 2.20. The lowest BCUT2D eigenvalue weighted by atomic mass is 10.3. The minimum absolute atomic E-state index is 0.744. The number of nitrogens with zero attached hydrogens (tertiary/aromatic N) is 5. The van der Waals surface area contributed by atoms with Crippen LogP contribution in [0.1, 0.15) is 0 Å². The largest absolute Gasteiger partial charge is 0.456 e. The number of likely N-dealkylation sites (N-methyl/N-ethyl adjacent to an activating group) is 2. The molecule has 0 aliphatic carbocycles. The first-order valence-electron chi connectivity index (χ1n) is 7.66. The third kappa shape index (κ3) is 4.43. The van der Waals surface area contributed by atoms with Crippen LogP contribution in [0, 0.1) is 0 Å². The molecule has 9 heteroatoms. The van der Waals surface area contributed by atoms with E-state index in [0.717, 1.165) is 58.3 Å². The summed E-state index contributed by atoms with van der Waals surface area (Å²) in [6.07, 6.45) is 0. The molecule has 0 atom stereocenters. The minimum Gasteiger partial charge on any atom is -0.340 e. The summed E-state index contributed by atoms with van der Waals surface area (Å²) in [4.78, 5) is 8.95. The van der Waals surface area contributed by atoms with E-state index >= 15 is 0 Å². The summed E-state index contributed by atoms with van der Waals surface area (Å²) in [6, 6.07) is 0. The molecule has 2 aliphatic rings. The highest BCUT2D eigenvalue weighted by Gasteiger charge is 2.30. The highest BCUT2D eigenvalue weighted by Crippen LogP contribution is 2.48. The Kier molecular flexibility index (Phi) is 6.23. The SMILES string of the molecule is COP(=O)(N=C(N1CCN(C)CC1)N1CCN(C)CC1)OC. The fourth-order valence-corrected chi connectivity index (χ4v) is 3.39. The Morgan fingerprint density at radius 2 is 1.18 bits per heavy atom. The van der Waals surface area contributed by atoms with Gasteiger partial charge in [-0.3, -0.25) is 9.05 Å². The van der Waals surface area contributed by atoms with Crippen molar-refractivity contribution in [2.45, 2.75) is 0 Å². The molecular weight excluding hydrogens is 305 g/mol. The molecule has 0 saturated carbocycles. The number of hydrogen-bond donors (Lipinski definition) is 0. The van der Waals surface area contributed by atoms with Crippen LogP contribution in [0.5, 0.6) is 0 Å². The predicted molar refractivity (Wildman–Crippen MR) is 87.2 cm³/mol. The number of hydrogen-bond acceptors (Lipinski definition) is 5. The van der Waals surface area contributed by atoms with E-state index in [4.69, 9.17) is 9.05 Å². The van der Waals surface area contributed by atoms with Gasteiger partial charge in [0.05, 0.1) is 0 Å². The van der Waals surface area contributed by atoms with Crippen LogP contribution in [-0.4, -0.2) is 106 Å². The molecule has 0 aromatic heterocycles. The molecule has 2 saturated heterocycles. The highest BCUT2D eigenvalue weighted by molar-refractivity contribution is 7.52. The van der Waals surface area contributed by atoms with Crippen molar-refractivity contribution in [3.05, 3.63) is 0 Å². The lowest BCUT2D eigenvalue weighted by Gasteiger charge is -2.41. The average Bonchev–Trinajstić information content (AvgIpc) is 2.54. The fourth-order valence-electron chi connectivity index (χ4n) is 2.61. The maximum Gasteiger partial charge on any atom is 0.456 e. The first kappa shape index (κ1) is 17.7. The summed E-state index contributed by atoms with van der Waals surface area (Å²) >= 11 is 0. The van der Waals surface area contributed by atoms with Gasteiger partial charge in [-0.05, 0) is 14.1 Å². The fraction of sp³-hybridized carbons (Fsp3) is 0.923. The lowest BCUT2D eigenvalue weighted by Crippen LogP contribution is -2.56. The highest BCUT2D eigenvalue weighted by atomic mass is 31.2. The van der Waals surface area contributed by atoms with Crippen molar-refractivity contribution >= 4 is 13.7 Å². The molecule has 0 aromatic rings. The standard InChI is InChI=1S/C13H28N5O3P/c1-15-5-9-17(10-6-15)13(14-22(19,20-3)21-4)18-11-7-16(2)8-12-18/h5-12H2,1-4H3. The summed E-state index contributed by atoms with van der Waals surface area (Å²) in [5.74, 6) is 0.744. The second-order valence-electron chi connectivity index (χ2n) is 5.81. The molecular formula is C13H28N5O3P.